The predicted octanol–water partition coefficient (Wildman–Crippen LogP) is 4.15. The van der Waals surface area contributed by atoms with Crippen LogP contribution in [0.3, 0.4) is 0 Å². The Hall–Kier alpha value is -0.570. The van der Waals surface area contributed by atoms with Crippen molar-refractivity contribution in [2.75, 3.05) is 0 Å². The molecule has 120 valence electrons. The Labute approximate surface area is 126 Å². The van der Waals surface area contributed by atoms with Crippen LogP contribution in [-0.4, -0.2) is 17.5 Å². The summed E-state index contributed by atoms with van der Waals surface area (Å²) in [6, 6.07) is -0.0328. The van der Waals surface area contributed by atoms with E-state index in [1.807, 2.05) is 20.8 Å². The Kier molecular flexibility index (Phi) is 10.8. The van der Waals surface area contributed by atoms with E-state index in [-0.39, 0.29) is 17.5 Å². The number of nitrogens with two attached hydrogens (primary N) is 1. The molecular formula is C17H36N2O. The van der Waals surface area contributed by atoms with E-state index in [0.29, 0.717) is 6.42 Å². The molecule has 1 amide bonds. The molecule has 0 bridgehead atoms. The highest BCUT2D eigenvalue weighted by molar-refractivity contribution is 5.76. The lowest BCUT2D eigenvalue weighted by molar-refractivity contribution is -0.123. The van der Waals surface area contributed by atoms with Crippen molar-refractivity contribution in [1.29, 1.82) is 0 Å². The topological polar surface area (TPSA) is 55.1 Å². The first kappa shape index (κ1) is 19.4. The summed E-state index contributed by atoms with van der Waals surface area (Å²) < 4.78 is 0. The van der Waals surface area contributed by atoms with E-state index < -0.39 is 0 Å². The van der Waals surface area contributed by atoms with Crippen LogP contribution >= 0.6 is 0 Å². The van der Waals surface area contributed by atoms with Gasteiger partial charge in [-0.2, -0.15) is 0 Å². The highest BCUT2D eigenvalue weighted by atomic mass is 16.1. The second kappa shape index (κ2) is 11.1. The molecule has 0 rings (SSSR count). The fraction of sp³-hybridized carbons (Fsp3) is 0.941. The first-order valence-electron chi connectivity index (χ1n) is 8.46. The third-order valence-electron chi connectivity index (χ3n) is 4.11. The second-order valence-electron chi connectivity index (χ2n) is 6.64. The maximum absolute atomic E-state index is 11.8. The van der Waals surface area contributed by atoms with Crippen LogP contribution in [-0.2, 0) is 4.79 Å². The molecule has 1 atom stereocenters. The van der Waals surface area contributed by atoms with Gasteiger partial charge in [0.2, 0.25) is 5.91 Å². The summed E-state index contributed by atoms with van der Waals surface area (Å²) >= 11 is 0. The molecule has 0 fully saturated rings. The Morgan fingerprint density at radius 2 is 1.45 bits per heavy atom. The molecule has 3 N–H and O–H groups in total. The van der Waals surface area contributed by atoms with Crippen LogP contribution in [0.2, 0.25) is 0 Å². The van der Waals surface area contributed by atoms with E-state index in [4.69, 9.17) is 5.73 Å². The lowest BCUT2D eigenvalue weighted by atomic mass is 9.96. The van der Waals surface area contributed by atoms with Crippen LogP contribution < -0.4 is 11.1 Å². The van der Waals surface area contributed by atoms with Gasteiger partial charge in [0.15, 0.2) is 0 Å². The number of unbranched alkanes of at least 4 members (excludes halogenated alkanes) is 8. The van der Waals surface area contributed by atoms with E-state index in [1.165, 1.54) is 51.4 Å². The van der Waals surface area contributed by atoms with Crippen LogP contribution in [0.5, 0.6) is 0 Å². The molecular weight excluding hydrogens is 248 g/mol. The van der Waals surface area contributed by atoms with Crippen molar-refractivity contribution in [3.8, 4) is 0 Å². The molecule has 0 radical (unpaired) electrons. The Morgan fingerprint density at radius 3 is 1.90 bits per heavy atom. The third kappa shape index (κ3) is 10.2. The molecule has 0 aliphatic carbocycles. The SMILES string of the molecule is CCCCCCCCCCCC(=O)NC(C)(C)C(C)N. The number of carbonyl (C=O) groups excluding carboxylic acids is 1. The summed E-state index contributed by atoms with van der Waals surface area (Å²) in [6.45, 7) is 8.13. The molecule has 0 aromatic heterocycles. The minimum absolute atomic E-state index is 0.0328. The maximum atomic E-state index is 11.8. The van der Waals surface area contributed by atoms with Gasteiger partial charge in [0.05, 0.1) is 0 Å². The van der Waals surface area contributed by atoms with Crippen LogP contribution in [0.1, 0.15) is 91.9 Å². The zero-order valence-corrected chi connectivity index (χ0v) is 14.1. The zero-order valence-electron chi connectivity index (χ0n) is 14.1. The fourth-order valence-electron chi connectivity index (χ4n) is 2.13. The summed E-state index contributed by atoms with van der Waals surface area (Å²) in [4.78, 5) is 11.8. The maximum Gasteiger partial charge on any atom is 0.220 e. The highest BCUT2D eigenvalue weighted by Crippen LogP contribution is 2.11. The number of nitrogens with one attached hydrogen (secondary N) is 1. The number of carbonyl (C=O) groups is 1. The van der Waals surface area contributed by atoms with Crippen molar-refractivity contribution in [2.24, 2.45) is 5.73 Å². The number of amides is 1. The average Bonchev–Trinajstić information content (AvgIpc) is 2.36. The second-order valence-corrected chi connectivity index (χ2v) is 6.64. The molecule has 0 heterocycles. The van der Waals surface area contributed by atoms with E-state index in [9.17, 15) is 4.79 Å². The number of rotatable bonds is 12. The van der Waals surface area contributed by atoms with Crippen molar-refractivity contribution >= 4 is 5.91 Å². The van der Waals surface area contributed by atoms with Gasteiger partial charge < -0.3 is 11.1 Å². The van der Waals surface area contributed by atoms with Crippen LogP contribution in [0.15, 0.2) is 0 Å². The molecule has 0 saturated heterocycles. The third-order valence-corrected chi connectivity index (χ3v) is 4.11. The lowest BCUT2D eigenvalue weighted by Crippen LogP contribution is -2.54. The summed E-state index contributed by atoms with van der Waals surface area (Å²) in [6.07, 6.45) is 12.2. The molecule has 3 heteroatoms. The summed E-state index contributed by atoms with van der Waals surface area (Å²) in [5.74, 6) is 0.134. The summed E-state index contributed by atoms with van der Waals surface area (Å²) in [5, 5.41) is 3.02. The normalized spacial score (nSPS) is 13.2. The first-order valence-corrected chi connectivity index (χ1v) is 8.46. The van der Waals surface area contributed by atoms with Crippen molar-refractivity contribution in [1.82, 2.24) is 5.32 Å². The van der Waals surface area contributed by atoms with Gasteiger partial charge in [0.25, 0.3) is 0 Å². The zero-order chi connectivity index (χ0) is 15.4. The van der Waals surface area contributed by atoms with Gasteiger partial charge in [-0.3, -0.25) is 4.79 Å². The van der Waals surface area contributed by atoms with Crippen molar-refractivity contribution in [2.45, 2.75) is 103 Å². The van der Waals surface area contributed by atoms with Gasteiger partial charge in [-0.1, -0.05) is 58.3 Å². The molecule has 1 unspecified atom stereocenters. The average molecular weight is 284 g/mol. The van der Waals surface area contributed by atoms with Gasteiger partial charge in [0.1, 0.15) is 0 Å². The molecule has 3 nitrogen and oxygen atoms in total. The molecule has 20 heavy (non-hydrogen) atoms. The van der Waals surface area contributed by atoms with E-state index in [2.05, 4.69) is 12.2 Å². The molecule has 0 aromatic rings. The Balaban J connectivity index is 3.45. The smallest absolute Gasteiger partial charge is 0.220 e. The van der Waals surface area contributed by atoms with Crippen molar-refractivity contribution < 1.29 is 4.79 Å². The highest BCUT2D eigenvalue weighted by Gasteiger charge is 2.24. The van der Waals surface area contributed by atoms with Crippen LogP contribution in [0.4, 0.5) is 0 Å². The lowest BCUT2D eigenvalue weighted by Gasteiger charge is -2.30. The molecule has 0 aliphatic rings. The fourth-order valence-corrected chi connectivity index (χ4v) is 2.13. The molecule has 0 aromatic carbocycles. The summed E-state index contributed by atoms with van der Waals surface area (Å²) in [7, 11) is 0. The minimum Gasteiger partial charge on any atom is -0.350 e. The molecule has 0 spiro atoms. The number of hydrogen-bond acceptors (Lipinski definition) is 2. The predicted molar refractivity (Wildman–Crippen MR) is 87.7 cm³/mol. The van der Waals surface area contributed by atoms with E-state index in [1.54, 1.807) is 0 Å². The standard InChI is InChI=1S/C17H36N2O/c1-5-6-7-8-9-10-11-12-13-14-16(20)19-17(3,4)15(2)18/h15H,5-14,18H2,1-4H3,(H,19,20). The van der Waals surface area contributed by atoms with E-state index in [0.717, 1.165) is 6.42 Å². The summed E-state index contributed by atoms with van der Waals surface area (Å²) in [5.41, 5.74) is 5.54. The van der Waals surface area contributed by atoms with E-state index >= 15 is 0 Å². The number of hydrogen-bond donors (Lipinski definition) is 2. The van der Waals surface area contributed by atoms with Gasteiger partial charge in [0, 0.05) is 18.0 Å². The first-order chi connectivity index (χ1) is 9.40. The molecule has 0 saturated carbocycles. The quantitative estimate of drug-likeness (QED) is 0.529. The van der Waals surface area contributed by atoms with Crippen molar-refractivity contribution in [3.63, 3.8) is 0 Å². The van der Waals surface area contributed by atoms with Gasteiger partial charge in [-0.15, -0.1) is 0 Å². The van der Waals surface area contributed by atoms with Gasteiger partial charge >= 0.3 is 0 Å². The minimum atomic E-state index is -0.309. The monoisotopic (exact) mass is 284 g/mol. The largest absolute Gasteiger partial charge is 0.350 e. The Morgan fingerprint density at radius 1 is 1.00 bits per heavy atom. The Bertz CT molecular complexity index is 249. The van der Waals surface area contributed by atoms with Crippen LogP contribution in [0, 0.1) is 0 Å². The molecule has 0 aliphatic heterocycles. The van der Waals surface area contributed by atoms with Crippen molar-refractivity contribution in [3.05, 3.63) is 0 Å². The van der Waals surface area contributed by atoms with Crippen LogP contribution in [0.25, 0.3) is 0 Å². The van der Waals surface area contributed by atoms with Gasteiger partial charge in [-0.05, 0) is 27.2 Å². The van der Waals surface area contributed by atoms with Gasteiger partial charge in [-0.25, -0.2) is 0 Å².